The van der Waals surface area contributed by atoms with Crippen molar-refractivity contribution in [3.63, 3.8) is 0 Å². The van der Waals surface area contributed by atoms with E-state index in [0.29, 0.717) is 5.75 Å². The molecule has 0 saturated carbocycles. The molecule has 0 saturated heterocycles. The molecule has 0 fully saturated rings. The highest BCUT2D eigenvalue weighted by Gasteiger charge is 2.04. The van der Waals surface area contributed by atoms with Crippen LogP contribution < -0.4 is 10.1 Å². The molecule has 1 aromatic heterocycles. The van der Waals surface area contributed by atoms with Crippen molar-refractivity contribution in [1.29, 1.82) is 0 Å². The lowest BCUT2D eigenvalue weighted by Crippen LogP contribution is -2.22. The van der Waals surface area contributed by atoms with Gasteiger partial charge in [0.2, 0.25) is 0 Å². The molecule has 0 spiro atoms. The molecular weight excluding hydrogens is 254 g/mol. The number of hydrogen-bond acceptors (Lipinski definition) is 3. The fraction of sp³-hybridized carbons (Fsp3) is 0.0667. The fourth-order valence-electron chi connectivity index (χ4n) is 1.65. The lowest BCUT2D eigenvalue weighted by molar-refractivity contribution is 0.203. The first-order chi connectivity index (χ1) is 9.81. The third-order valence-corrected chi connectivity index (χ3v) is 2.56. The van der Waals surface area contributed by atoms with Crippen LogP contribution in [0.15, 0.2) is 61.2 Å². The van der Waals surface area contributed by atoms with E-state index < -0.39 is 6.09 Å². The normalized spacial score (nSPS) is 9.45. The molecule has 0 aliphatic carbocycles. The molecule has 0 unspecified atom stereocenters. The van der Waals surface area contributed by atoms with Crippen LogP contribution >= 0.6 is 0 Å². The number of H-pyrrole nitrogens is 1. The molecule has 102 valence electrons. The van der Waals surface area contributed by atoms with Gasteiger partial charge in [-0.25, -0.2) is 9.78 Å². The largest absolute Gasteiger partial charge is 0.412 e. The second-order valence-electron chi connectivity index (χ2n) is 3.88. The Labute approximate surface area is 116 Å². The first kappa shape index (κ1) is 13.6. The van der Waals surface area contributed by atoms with Crippen LogP contribution in [-0.2, 0) is 0 Å². The van der Waals surface area contributed by atoms with Gasteiger partial charge in [0.1, 0.15) is 5.75 Å². The first-order valence-corrected chi connectivity index (χ1v) is 6.11. The van der Waals surface area contributed by atoms with Crippen LogP contribution in [0.4, 0.5) is 4.79 Å². The number of carbonyl (C=O) groups is 1. The smallest absolute Gasteiger partial charge is 0.410 e. The molecule has 2 aromatic carbocycles. The highest BCUT2D eigenvalue weighted by atomic mass is 16.6. The van der Waals surface area contributed by atoms with Gasteiger partial charge < -0.3 is 15.0 Å². The molecule has 1 amide bonds. The van der Waals surface area contributed by atoms with Gasteiger partial charge in [-0.15, -0.1) is 0 Å². The van der Waals surface area contributed by atoms with E-state index in [1.54, 1.807) is 24.8 Å². The van der Waals surface area contributed by atoms with E-state index in [1.165, 1.54) is 7.05 Å². The van der Waals surface area contributed by atoms with Crippen molar-refractivity contribution >= 4 is 16.9 Å². The van der Waals surface area contributed by atoms with E-state index in [9.17, 15) is 4.79 Å². The van der Waals surface area contributed by atoms with Crippen LogP contribution in [-0.4, -0.2) is 23.1 Å². The van der Waals surface area contributed by atoms with Crippen molar-refractivity contribution in [2.45, 2.75) is 0 Å². The zero-order valence-electron chi connectivity index (χ0n) is 11.0. The molecule has 0 atom stereocenters. The number of aromatic amines is 1. The van der Waals surface area contributed by atoms with Crippen molar-refractivity contribution in [3.05, 3.63) is 61.2 Å². The van der Waals surface area contributed by atoms with E-state index in [1.807, 2.05) is 36.4 Å². The van der Waals surface area contributed by atoms with Gasteiger partial charge in [0.05, 0.1) is 6.33 Å². The maximum absolute atomic E-state index is 11.1. The Morgan fingerprint density at radius 3 is 2.65 bits per heavy atom. The summed E-state index contributed by atoms with van der Waals surface area (Å²) in [4.78, 5) is 17.5. The van der Waals surface area contributed by atoms with Gasteiger partial charge >= 0.3 is 6.09 Å². The second-order valence-corrected chi connectivity index (χ2v) is 3.88. The number of nitrogens with one attached hydrogen (secondary N) is 2. The molecule has 1 heterocycles. The highest BCUT2D eigenvalue weighted by Crippen LogP contribution is 2.24. The summed E-state index contributed by atoms with van der Waals surface area (Å²) in [6, 6.07) is 13.4. The van der Waals surface area contributed by atoms with Crippen LogP contribution in [0.2, 0.25) is 0 Å². The molecule has 5 nitrogen and oxygen atoms in total. The summed E-state index contributed by atoms with van der Waals surface area (Å²) in [5.74, 6) is 0.576. The summed E-state index contributed by atoms with van der Waals surface area (Å²) in [5.41, 5.74) is 0. The number of hydrogen-bond donors (Lipinski definition) is 2. The van der Waals surface area contributed by atoms with Gasteiger partial charge in [-0.2, -0.15) is 0 Å². The van der Waals surface area contributed by atoms with Gasteiger partial charge in [0.15, 0.2) is 0 Å². The molecule has 5 heteroatoms. The summed E-state index contributed by atoms with van der Waals surface area (Å²) in [7, 11) is 1.54. The van der Waals surface area contributed by atoms with E-state index in [-0.39, 0.29) is 0 Å². The monoisotopic (exact) mass is 269 g/mol. The van der Waals surface area contributed by atoms with Gasteiger partial charge in [-0.3, -0.25) is 0 Å². The van der Waals surface area contributed by atoms with Crippen molar-refractivity contribution in [2.24, 2.45) is 0 Å². The zero-order chi connectivity index (χ0) is 14.2. The van der Waals surface area contributed by atoms with Gasteiger partial charge in [0, 0.05) is 24.8 Å². The Morgan fingerprint density at radius 2 is 2.00 bits per heavy atom. The van der Waals surface area contributed by atoms with E-state index >= 15 is 0 Å². The molecule has 2 N–H and O–H groups in total. The lowest BCUT2D eigenvalue weighted by Gasteiger charge is -2.06. The highest BCUT2D eigenvalue weighted by molar-refractivity contribution is 5.90. The molecule has 20 heavy (non-hydrogen) atoms. The second kappa shape index (κ2) is 6.94. The van der Waals surface area contributed by atoms with Crippen LogP contribution in [0.3, 0.4) is 0 Å². The number of amides is 1. The maximum Gasteiger partial charge on any atom is 0.412 e. The van der Waals surface area contributed by atoms with Crippen molar-refractivity contribution in [2.75, 3.05) is 7.05 Å². The number of aromatic nitrogens is 2. The molecule has 0 aliphatic heterocycles. The van der Waals surface area contributed by atoms with Crippen LogP contribution in [0.5, 0.6) is 5.75 Å². The SMILES string of the molecule is CNC(=O)Oc1cccc2ccccc12.c1c[nH]cn1. The molecule has 3 aromatic rings. The topological polar surface area (TPSA) is 67.0 Å². The Kier molecular flexibility index (Phi) is 4.72. The minimum atomic E-state index is -0.452. The lowest BCUT2D eigenvalue weighted by atomic mass is 10.1. The summed E-state index contributed by atoms with van der Waals surface area (Å²) < 4.78 is 5.13. The zero-order valence-corrected chi connectivity index (χ0v) is 11.0. The number of imidazole rings is 1. The van der Waals surface area contributed by atoms with Crippen molar-refractivity contribution in [1.82, 2.24) is 15.3 Å². The van der Waals surface area contributed by atoms with Crippen LogP contribution in [0.1, 0.15) is 0 Å². The average Bonchev–Trinajstić information content (AvgIpc) is 3.07. The maximum atomic E-state index is 11.1. The standard InChI is InChI=1S/C12H11NO2.C3H4N2/c1-13-12(14)15-11-8-4-6-9-5-2-3-7-10(9)11;1-2-5-3-4-1/h2-8H,1H3,(H,13,14);1-3H,(H,4,5). The third kappa shape index (κ3) is 3.58. The molecular formula is C15H15N3O2. The summed E-state index contributed by atoms with van der Waals surface area (Å²) in [6.45, 7) is 0. The number of benzene rings is 2. The Bertz CT molecular complexity index is 643. The van der Waals surface area contributed by atoms with Gasteiger partial charge in [-0.1, -0.05) is 36.4 Å². The van der Waals surface area contributed by atoms with E-state index in [2.05, 4.69) is 15.3 Å². The number of ether oxygens (including phenoxy) is 1. The van der Waals surface area contributed by atoms with Crippen molar-refractivity contribution < 1.29 is 9.53 Å². The third-order valence-electron chi connectivity index (χ3n) is 2.56. The first-order valence-electron chi connectivity index (χ1n) is 6.11. The Balaban J connectivity index is 0.000000247. The van der Waals surface area contributed by atoms with Crippen LogP contribution in [0, 0.1) is 0 Å². The van der Waals surface area contributed by atoms with Gasteiger partial charge in [0.25, 0.3) is 0 Å². The van der Waals surface area contributed by atoms with Crippen LogP contribution in [0.25, 0.3) is 10.8 Å². The molecule has 0 bridgehead atoms. The number of rotatable bonds is 1. The number of nitrogens with zero attached hydrogens (tertiary/aromatic N) is 1. The summed E-state index contributed by atoms with van der Waals surface area (Å²) in [5, 5.41) is 4.41. The minimum absolute atomic E-state index is 0.452. The summed E-state index contributed by atoms with van der Waals surface area (Å²) in [6.07, 6.45) is 4.63. The average molecular weight is 269 g/mol. The fourth-order valence-corrected chi connectivity index (χ4v) is 1.65. The summed E-state index contributed by atoms with van der Waals surface area (Å²) >= 11 is 0. The Morgan fingerprint density at radius 1 is 1.20 bits per heavy atom. The van der Waals surface area contributed by atoms with E-state index in [4.69, 9.17) is 4.74 Å². The quantitative estimate of drug-likeness (QED) is 0.713. The number of fused-ring (bicyclic) bond motifs is 1. The van der Waals surface area contributed by atoms with Gasteiger partial charge in [-0.05, 0) is 11.5 Å². The Hall–Kier alpha value is -2.82. The number of carbonyl (C=O) groups excluding carboxylic acids is 1. The minimum Gasteiger partial charge on any atom is -0.410 e. The van der Waals surface area contributed by atoms with Crippen molar-refractivity contribution in [3.8, 4) is 5.75 Å². The molecule has 3 rings (SSSR count). The molecule has 0 aliphatic rings. The predicted octanol–water partition coefficient (Wildman–Crippen LogP) is 2.97. The van der Waals surface area contributed by atoms with E-state index in [0.717, 1.165) is 10.8 Å². The molecule has 0 radical (unpaired) electrons. The predicted molar refractivity (Wildman–Crippen MR) is 77.6 cm³/mol.